The van der Waals surface area contributed by atoms with E-state index in [0.717, 1.165) is 5.56 Å². The molecule has 4 rings (SSSR count). The Kier molecular flexibility index (Phi) is 5.00. The van der Waals surface area contributed by atoms with Crippen molar-refractivity contribution in [2.24, 2.45) is 0 Å². The van der Waals surface area contributed by atoms with Gasteiger partial charge in [-0.25, -0.2) is 4.98 Å². The van der Waals surface area contributed by atoms with Gasteiger partial charge in [0.1, 0.15) is 0 Å². The zero-order valence-corrected chi connectivity index (χ0v) is 16.7. The lowest BCUT2D eigenvalue weighted by Crippen LogP contribution is -2.25. The monoisotopic (exact) mass is 392 g/mol. The lowest BCUT2D eigenvalue weighted by Gasteiger charge is -2.17. The molecule has 0 fully saturated rings. The van der Waals surface area contributed by atoms with Gasteiger partial charge in [-0.05, 0) is 45.0 Å². The van der Waals surface area contributed by atoms with Gasteiger partial charge in [0.15, 0.2) is 5.16 Å². The zero-order valence-electron chi connectivity index (χ0n) is 15.9. The molecule has 28 heavy (non-hydrogen) atoms. The first-order chi connectivity index (χ1) is 13.5. The lowest BCUT2D eigenvalue weighted by atomic mass is 10.2. The molecule has 0 bridgehead atoms. The highest BCUT2D eigenvalue weighted by molar-refractivity contribution is 7.99. The molecule has 142 valence electrons. The van der Waals surface area contributed by atoms with Crippen LogP contribution in [0.1, 0.15) is 38.0 Å². The van der Waals surface area contributed by atoms with Crippen LogP contribution in [0.5, 0.6) is 0 Å². The Morgan fingerprint density at radius 2 is 1.68 bits per heavy atom. The van der Waals surface area contributed by atoms with Crippen LogP contribution >= 0.6 is 11.8 Å². The van der Waals surface area contributed by atoms with Gasteiger partial charge in [-0.2, -0.15) is 0 Å². The number of rotatable bonds is 5. The fourth-order valence-corrected chi connectivity index (χ4v) is 4.04. The Morgan fingerprint density at radius 1 is 0.964 bits per heavy atom. The standard InChI is InChI=1S/C21H20N4O2S/c1-13(2)25-20(26)16-11-7-8-12-17(16)22-21(25)28-14(3)18-23-24-19(27-18)15-9-5-4-6-10-15/h4-14H,1-3H3/t14-/m0/s1. The summed E-state index contributed by atoms with van der Waals surface area (Å²) in [6.07, 6.45) is 0. The molecule has 4 aromatic rings. The second kappa shape index (κ2) is 7.59. The number of aromatic nitrogens is 4. The van der Waals surface area contributed by atoms with Crippen molar-refractivity contribution in [2.75, 3.05) is 0 Å². The topological polar surface area (TPSA) is 73.8 Å². The number of thioether (sulfide) groups is 1. The van der Waals surface area contributed by atoms with Gasteiger partial charge in [0.25, 0.3) is 5.56 Å². The molecule has 0 N–H and O–H groups in total. The number of benzene rings is 2. The highest BCUT2D eigenvalue weighted by Gasteiger charge is 2.21. The van der Waals surface area contributed by atoms with E-state index in [1.54, 1.807) is 4.57 Å². The Bertz CT molecular complexity index is 1170. The van der Waals surface area contributed by atoms with Crippen molar-refractivity contribution in [1.29, 1.82) is 0 Å². The summed E-state index contributed by atoms with van der Waals surface area (Å²) in [6, 6.07) is 17.0. The normalized spacial score (nSPS) is 12.6. The largest absolute Gasteiger partial charge is 0.419 e. The SMILES string of the molecule is CC(C)n1c(S[C@@H](C)c2nnc(-c3ccccc3)o2)nc2ccccc2c1=O. The predicted octanol–water partition coefficient (Wildman–Crippen LogP) is 4.88. The summed E-state index contributed by atoms with van der Waals surface area (Å²) in [4.78, 5) is 17.7. The molecule has 0 unspecified atom stereocenters. The summed E-state index contributed by atoms with van der Waals surface area (Å²) in [5.41, 5.74) is 1.53. The summed E-state index contributed by atoms with van der Waals surface area (Å²) < 4.78 is 7.58. The Balaban J connectivity index is 1.69. The van der Waals surface area contributed by atoms with Crippen LogP contribution in [0.25, 0.3) is 22.4 Å². The summed E-state index contributed by atoms with van der Waals surface area (Å²) in [5.74, 6) is 0.984. The fraction of sp³-hybridized carbons (Fsp3) is 0.238. The third-order valence-corrected chi connectivity index (χ3v) is 5.44. The zero-order chi connectivity index (χ0) is 19.7. The van der Waals surface area contributed by atoms with Crippen molar-refractivity contribution < 1.29 is 4.42 Å². The van der Waals surface area contributed by atoms with Crippen LogP contribution in [-0.2, 0) is 0 Å². The second-order valence-corrected chi connectivity index (χ2v) is 8.06. The van der Waals surface area contributed by atoms with E-state index in [4.69, 9.17) is 9.40 Å². The summed E-state index contributed by atoms with van der Waals surface area (Å²) in [7, 11) is 0. The number of para-hydroxylation sites is 1. The highest BCUT2D eigenvalue weighted by Crippen LogP contribution is 2.35. The summed E-state index contributed by atoms with van der Waals surface area (Å²) in [6.45, 7) is 5.93. The maximum absolute atomic E-state index is 13.0. The Labute approximate surface area is 166 Å². The molecule has 2 aromatic carbocycles. The lowest BCUT2D eigenvalue weighted by molar-refractivity contribution is 0.502. The maximum atomic E-state index is 13.0. The first-order valence-electron chi connectivity index (χ1n) is 9.11. The molecule has 1 atom stereocenters. The van der Waals surface area contributed by atoms with E-state index in [0.29, 0.717) is 27.8 Å². The number of hydrogen-bond acceptors (Lipinski definition) is 6. The van der Waals surface area contributed by atoms with E-state index >= 15 is 0 Å². The minimum absolute atomic E-state index is 0.0122. The molecule has 2 aromatic heterocycles. The molecule has 0 aliphatic carbocycles. The van der Waals surface area contributed by atoms with E-state index in [1.807, 2.05) is 75.4 Å². The van der Waals surface area contributed by atoms with Crippen LogP contribution in [0.15, 0.2) is 69.0 Å². The molecule has 7 heteroatoms. The Hall–Kier alpha value is -2.93. The molecule has 0 saturated heterocycles. The molecular weight excluding hydrogens is 372 g/mol. The van der Waals surface area contributed by atoms with Gasteiger partial charge < -0.3 is 4.42 Å². The van der Waals surface area contributed by atoms with E-state index in [2.05, 4.69) is 10.2 Å². The third-order valence-electron chi connectivity index (χ3n) is 4.38. The van der Waals surface area contributed by atoms with Gasteiger partial charge in [0.2, 0.25) is 11.8 Å². The minimum Gasteiger partial charge on any atom is -0.419 e. The van der Waals surface area contributed by atoms with Crippen molar-refractivity contribution in [1.82, 2.24) is 19.7 Å². The van der Waals surface area contributed by atoms with Crippen molar-refractivity contribution >= 4 is 22.7 Å². The first kappa shape index (κ1) is 18.4. The van der Waals surface area contributed by atoms with E-state index < -0.39 is 0 Å². The Morgan fingerprint density at radius 3 is 2.43 bits per heavy atom. The van der Waals surface area contributed by atoms with Crippen molar-refractivity contribution in [3.05, 3.63) is 70.8 Å². The van der Waals surface area contributed by atoms with Gasteiger partial charge in [0, 0.05) is 11.6 Å². The molecule has 6 nitrogen and oxygen atoms in total. The summed E-state index contributed by atoms with van der Waals surface area (Å²) in [5, 5.41) is 9.47. The summed E-state index contributed by atoms with van der Waals surface area (Å²) >= 11 is 1.44. The number of hydrogen-bond donors (Lipinski definition) is 0. The van der Waals surface area contributed by atoms with Crippen molar-refractivity contribution in [3.8, 4) is 11.5 Å². The quantitative estimate of drug-likeness (QED) is 0.356. The van der Waals surface area contributed by atoms with Crippen LogP contribution in [0.4, 0.5) is 0 Å². The van der Waals surface area contributed by atoms with E-state index in [-0.39, 0.29) is 16.9 Å². The van der Waals surface area contributed by atoms with Crippen LogP contribution < -0.4 is 5.56 Å². The van der Waals surface area contributed by atoms with E-state index in [9.17, 15) is 4.79 Å². The first-order valence-corrected chi connectivity index (χ1v) is 9.99. The molecule has 0 amide bonds. The van der Waals surface area contributed by atoms with Crippen LogP contribution in [0, 0.1) is 0 Å². The van der Waals surface area contributed by atoms with Gasteiger partial charge in [-0.3, -0.25) is 9.36 Å². The molecule has 0 radical (unpaired) electrons. The molecule has 2 heterocycles. The predicted molar refractivity (Wildman–Crippen MR) is 110 cm³/mol. The van der Waals surface area contributed by atoms with E-state index in [1.165, 1.54) is 11.8 Å². The highest BCUT2D eigenvalue weighted by atomic mass is 32.2. The average molecular weight is 392 g/mol. The number of fused-ring (bicyclic) bond motifs is 1. The molecule has 0 aliphatic heterocycles. The molecule has 0 spiro atoms. The van der Waals surface area contributed by atoms with Gasteiger partial charge in [-0.15, -0.1) is 10.2 Å². The maximum Gasteiger partial charge on any atom is 0.262 e. The third kappa shape index (κ3) is 3.45. The fourth-order valence-electron chi connectivity index (χ4n) is 2.97. The minimum atomic E-state index is -0.150. The van der Waals surface area contributed by atoms with Crippen molar-refractivity contribution in [3.63, 3.8) is 0 Å². The van der Waals surface area contributed by atoms with Gasteiger partial charge >= 0.3 is 0 Å². The second-order valence-electron chi connectivity index (χ2n) is 6.75. The smallest absolute Gasteiger partial charge is 0.262 e. The van der Waals surface area contributed by atoms with Crippen LogP contribution in [0.2, 0.25) is 0 Å². The molecule has 0 saturated carbocycles. The van der Waals surface area contributed by atoms with Crippen LogP contribution in [0.3, 0.4) is 0 Å². The van der Waals surface area contributed by atoms with Gasteiger partial charge in [0.05, 0.1) is 16.2 Å². The van der Waals surface area contributed by atoms with Crippen molar-refractivity contribution in [2.45, 2.75) is 37.2 Å². The molecule has 0 aliphatic rings. The van der Waals surface area contributed by atoms with Gasteiger partial charge in [-0.1, -0.05) is 42.1 Å². The average Bonchev–Trinajstić information content (AvgIpc) is 3.19. The molecular formula is C21H20N4O2S. The van der Waals surface area contributed by atoms with Crippen LogP contribution in [-0.4, -0.2) is 19.7 Å². The number of nitrogens with zero attached hydrogens (tertiary/aromatic N) is 4.